The number of hydrogen-bond donors (Lipinski definition) is 1. The van der Waals surface area contributed by atoms with Crippen LogP contribution in [0.4, 0.5) is 0 Å². The van der Waals surface area contributed by atoms with Crippen LogP contribution in [-0.4, -0.2) is 11.7 Å². The molecule has 0 aromatic rings. The lowest BCUT2D eigenvalue weighted by molar-refractivity contribution is -0.0675. The Morgan fingerprint density at radius 1 is 1.19 bits per heavy atom. The summed E-state index contributed by atoms with van der Waals surface area (Å²) in [6, 6.07) is 0. The van der Waals surface area contributed by atoms with E-state index in [-0.39, 0.29) is 0 Å². The molecule has 1 spiro atoms. The van der Waals surface area contributed by atoms with Gasteiger partial charge < -0.3 is 5.11 Å². The molecule has 5 atom stereocenters. The number of hydrogen-bond acceptors (Lipinski definition) is 1. The average molecular weight is 222 g/mol. The number of rotatable bonds is 1. The topological polar surface area (TPSA) is 20.2 Å². The summed E-state index contributed by atoms with van der Waals surface area (Å²) in [4.78, 5) is 0. The van der Waals surface area contributed by atoms with Crippen molar-refractivity contribution in [2.75, 3.05) is 6.61 Å². The Morgan fingerprint density at radius 2 is 1.94 bits per heavy atom. The molecule has 1 heteroatoms. The molecule has 16 heavy (non-hydrogen) atoms. The van der Waals surface area contributed by atoms with Crippen molar-refractivity contribution >= 4 is 0 Å². The van der Waals surface area contributed by atoms with Crippen molar-refractivity contribution in [1.82, 2.24) is 0 Å². The van der Waals surface area contributed by atoms with Gasteiger partial charge in [0.05, 0.1) is 0 Å². The predicted molar refractivity (Wildman–Crippen MR) is 66.0 cm³/mol. The van der Waals surface area contributed by atoms with Gasteiger partial charge in [-0.3, -0.25) is 0 Å². The predicted octanol–water partition coefficient (Wildman–Crippen LogP) is 3.47. The first-order chi connectivity index (χ1) is 7.52. The summed E-state index contributed by atoms with van der Waals surface area (Å²) in [5.74, 6) is 3.20. The summed E-state index contributed by atoms with van der Waals surface area (Å²) in [5.41, 5.74) is 1.04. The fourth-order valence-corrected chi connectivity index (χ4v) is 5.95. The third-order valence-electron chi connectivity index (χ3n) is 6.81. The van der Waals surface area contributed by atoms with Crippen LogP contribution in [0.5, 0.6) is 0 Å². The zero-order chi connectivity index (χ0) is 11.6. The highest BCUT2D eigenvalue weighted by molar-refractivity contribution is 5.12. The Hall–Kier alpha value is -0.0400. The van der Waals surface area contributed by atoms with Gasteiger partial charge in [0.25, 0.3) is 0 Å². The highest BCUT2D eigenvalue weighted by Gasteiger charge is 2.63. The maximum Gasteiger partial charge on any atom is 0.0467 e. The summed E-state index contributed by atoms with van der Waals surface area (Å²) < 4.78 is 0. The van der Waals surface area contributed by atoms with Crippen LogP contribution in [0.1, 0.15) is 52.9 Å². The SMILES string of the molecule is C[C@@H]1CC[C@H]2C(C)(C)[C@@H](CO)[C@H]3CC[C@@]12C3. The maximum atomic E-state index is 9.73. The van der Waals surface area contributed by atoms with Crippen LogP contribution in [0.15, 0.2) is 0 Å². The van der Waals surface area contributed by atoms with Gasteiger partial charge in [0.2, 0.25) is 0 Å². The Labute approximate surface area is 99.6 Å². The smallest absolute Gasteiger partial charge is 0.0467 e. The fourth-order valence-electron chi connectivity index (χ4n) is 5.95. The van der Waals surface area contributed by atoms with Crippen LogP contribution in [0, 0.1) is 34.5 Å². The van der Waals surface area contributed by atoms with E-state index < -0.39 is 0 Å². The first kappa shape index (κ1) is 11.1. The van der Waals surface area contributed by atoms with Gasteiger partial charge in [0.15, 0.2) is 0 Å². The van der Waals surface area contributed by atoms with Crippen LogP contribution in [0.25, 0.3) is 0 Å². The minimum absolute atomic E-state index is 0.374. The van der Waals surface area contributed by atoms with Gasteiger partial charge >= 0.3 is 0 Å². The average Bonchev–Trinajstić information content (AvgIpc) is 2.74. The van der Waals surface area contributed by atoms with E-state index in [1.54, 1.807) is 0 Å². The van der Waals surface area contributed by atoms with Gasteiger partial charge in [-0.25, -0.2) is 0 Å². The van der Waals surface area contributed by atoms with Gasteiger partial charge in [-0.2, -0.15) is 0 Å². The molecule has 92 valence electrons. The van der Waals surface area contributed by atoms with Crippen molar-refractivity contribution in [3.8, 4) is 0 Å². The molecule has 0 aliphatic heterocycles. The molecule has 0 amide bonds. The van der Waals surface area contributed by atoms with Gasteiger partial charge in [-0.1, -0.05) is 20.8 Å². The van der Waals surface area contributed by atoms with E-state index in [0.29, 0.717) is 23.4 Å². The van der Waals surface area contributed by atoms with Crippen LogP contribution in [0.3, 0.4) is 0 Å². The second-order valence-electron chi connectivity index (χ2n) is 7.38. The van der Waals surface area contributed by atoms with Crippen molar-refractivity contribution in [3.63, 3.8) is 0 Å². The Balaban J connectivity index is 2.03. The van der Waals surface area contributed by atoms with Crippen molar-refractivity contribution in [1.29, 1.82) is 0 Å². The van der Waals surface area contributed by atoms with Gasteiger partial charge in [0.1, 0.15) is 0 Å². The van der Waals surface area contributed by atoms with Gasteiger partial charge in [0, 0.05) is 6.61 Å². The van der Waals surface area contributed by atoms with Gasteiger partial charge in [-0.05, 0) is 66.6 Å². The lowest BCUT2D eigenvalue weighted by atomic mass is 9.52. The number of aliphatic hydroxyl groups excluding tert-OH is 1. The van der Waals surface area contributed by atoms with Crippen molar-refractivity contribution in [2.24, 2.45) is 34.5 Å². The quantitative estimate of drug-likeness (QED) is 0.720. The highest BCUT2D eigenvalue weighted by atomic mass is 16.3. The van der Waals surface area contributed by atoms with Crippen molar-refractivity contribution < 1.29 is 5.11 Å². The van der Waals surface area contributed by atoms with E-state index in [4.69, 9.17) is 0 Å². The molecule has 0 heterocycles. The van der Waals surface area contributed by atoms with E-state index in [1.165, 1.54) is 32.1 Å². The Morgan fingerprint density at radius 3 is 2.62 bits per heavy atom. The second kappa shape index (κ2) is 3.25. The van der Waals surface area contributed by atoms with Gasteiger partial charge in [-0.15, -0.1) is 0 Å². The molecule has 0 saturated heterocycles. The molecule has 0 aromatic carbocycles. The molecule has 3 aliphatic carbocycles. The minimum atomic E-state index is 0.374. The summed E-state index contributed by atoms with van der Waals surface area (Å²) in [6.07, 6.45) is 7.10. The molecule has 3 saturated carbocycles. The molecular weight excluding hydrogens is 196 g/mol. The van der Waals surface area contributed by atoms with Crippen molar-refractivity contribution in [2.45, 2.75) is 52.9 Å². The van der Waals surface area contributed by atoms with E-state index in [1.807, 2.05) is 0 Å². The molecule has 2 bridgehead atoms. The zero-order valence-corrected chi connectivity index (χ0v) is 11.0. The standard InChI is InChI=1S/C15H26O/c1-10-4-5-13-14(2,3)12(9-16)11-6-7-15(10,13)8-11/h10-13,16H,4-9H2,1-3H3/t10-,11+,12+,13+,15-/m1/s1. The third kappa shape index (κ3) is 1.11. The Kier molecular flexibility index (Phi) is 2.25. The minimum Gasteiger partial charge on any atom is -0.396 e. The molecule has 3 rings (SSSR count). The largest absolute Gasteiger partial charge is 0.396 e. The van der Waals surface area contributed by atoms with Crippen LogP contribution >= 0.6 is 0 Å². The summed E-state index contributed by atoms with van der Waals surface area (Å²) in [6.45, 7) is 7.77. The third-order valence-corrected chi connectivity index (χ3v) is 6.81. The van der Waals surface area contributed by atoms with Crippen LogP contribution in [-0.2, 0) is 0 Å². The normalized spacial score (nSPS) is 54.0. The summed E-state index contributed by atoms with van der Waals surface area (Å²) >= 11 is 0. The summed E-state index contributed by atoms with van der Waals surface area (Å²) in [7, 11) is 0. The molecule has 1 N–H and O–H groups in total. The summed E-state index contributed by atoms with van der Waals surface area (Å²) in [5, 5.41) is 9.73. The molecule has 1 nitrogen and oxygen atoms in total. The zero-order valence-electron chi connectivity index (χ0n) is 11.0. The highest BCUT2D eigenvalue weighted by Crippen LogP contribution is 2.70. The molecule has 0 aromatic heterocycles. The van der Waals surface area contributed by atoms with E-state index >= 15 is 0 Å². The monoisotopic (exact) mass is 222 g/mol. The maximum absolute atomic E-state index is 9.73. The Bertz CT molecular complexity index is 296. The first-order valence-corrected chi connectivity index (χ1v) is 7.13. The van der Waals surface area contributed by atoms with Crippen molar-refractivity contribution in [3.05, 3.63) is 0 Å². The van der Waals surface area contributed by atoms with E-state index in [9.17, 15) is 5.11 Å². The molecule has 3 fully saturated rings. The second-order valence-corrected chi connectivity index (χ2v) is 7.38. The lowest BCUT2D eigenvalue weighted by Gasteiger charge is -2.53. The molecule has 0 radical (unpaired) electrons. The molecule has 0 unspecified atom stereocenters. The number of fused-ring (bicyclic) bond motifs is 1. The van der Waals surface area contributed by atoms with E-state index in [2.05, 4.69) is 20.8 Å². The van der Waals surface area contributed by atoms with Crippen LogP contribution in [0.2, 0.25) is 0 Å². The molecule has 3 aliphatic rings. The number of aliphatic hydroxyl groups is 1. The van der Waals surface area contributed by atoms with Crippen LogP contribution < -0.4 is 0 Å². The lowest BCUT2D eigenvalue weighted by Crippen LogP contribution is -2.48. The van der Waals surface area contributed by atoms with E-state index in [0.717, 1.165) is 17.8 Å². The fraction of sp³-hybridized carbons (Fsp3) is 1.00. The molecular formula is C15H26O. The first-order valence-electron chi connectivity index (χ1n) is 7.13.